The maximum absolute atomic E-state index is 13.7. The quantitative estimate of drug-likeness (QED) is 0.731. The highest BCUT2D eigenvalue weighted by Crippen LogP contribution is 2.33. The highest BCUT2D eigenvalue weighted by Gasteiger charge is 2.31. The predicted octanol–water partition coefficient (Wildman–Crippen LogP) is 2.96. The molecule has 164 valence electrons. The van der Waals surface area contributed by atoms with Gasteiger partial charge in [0.15, 0.2) is 6.10 Å². The van der Waals surface area contributed by atoms with Gasteiger partial charge in [-0.15, -0.1) is 0 Å². The van der Waals surface area contributed by atoms with Crippen LogP contribution in [0.15, 0.2) is 42.5 Å². The lowest BCUT2D eigenvalue weighted by atomic mass is 10.1. The number of nitrogens with zero attached hydrogens (tertiary/aromatic N) is 2. The van der Waals surface area contributed by atoms with Crippen molar-refractivity contribution in [2.24, 2.45) is 0 Å². The second kappa shape index (κ2) is 9.55. The number of hydrogen-bond donors (Lipinski definition) is 1. The summed E-state index contributed by atoms with van der Waals surface area (Å²) in [6.07, 6.45) is -0.698. The number of likely N-dealkylation sites (N-methyl/N-ethyl adjacent to an activating group) is 1. The number of para-hydroxylation sites is 3. The van der Waals surface area contributed by atoms with E-state index in [-0.39, 0.29) is 37.9 Å². The molecule has 0 saturated heterocycles. The van der Waals surface area contributed by atoms with Crippen LogP contribution in [0.25, 0.3) is 0 Å². The number of ether oxygens (including phenoxy) is 1. The van der Waals surface area contributed by atoms with Crippen molar-refractivity contribution < 1.29 is 27.9 Å². The Labute approximate surface area is 178 Å². The van der Waals surface area contributed by atoms with Gasteiger partial charge >= 0.3 is 0 Å². The Morgan fingerprint density at radius 2 is 1.81 bits per heavy atom. The minimum atomic E-state index is -0.902. The standard InChI is InChI=1S/C22H23F2N3O4/c1-3-26(13-19(28)25-21-15(23)7-6-8-16(21)24)20(29)11-12-27-17-9-4-5-10-18(17)31-14(2)22(27)30/h4-10,14H,3,11-13H2,1-2H3,(H,25,28). The summed E-state index contributed by atoms with van der Waals surface area (Å²) in [5, 5.41) is 2.17. The van der Waals surface area contributed by atoms with Crippen LogP contribution in [0.1, 0.15) is 20.3 Å². The zero-order valence-corrected chi connectivity index (χ0v) is 17.2. The van der Waals surface area contributed by atoms with Crippen LogP contribution >= 0.6 is 0 Å². The fourth-order valence-corrected chi connectivity index (χ4v) is 3.30. The van der Waals surface area contributed by atoms with Crippen LogP contribution in [0, 0.1) is 11.6 Å². The monoisotopic (exact) mass is 431 g/mol. The van der Waals surface area contributed by atoms with Gasteiger partial charge in [0.1, 0.15) is 23.1 Å². The lowest BCUT2D eigenvalue weighted by Gasteiger charge is -2.33. The van der Waals surface area contributed by atoms with E-state index in [9.17, 15) is 23.2 Å². The van der Waals surface area contributed by atoms with Crippen molar-refractivity contribution in [2.75, 3.05) is 29.9 Å². The summed E-state index contributed by atoms with van der Waals surface area (Å²) in [5.41, 5.74) is 0.0229. The van der Waals surface area contributed by atoms with Crippen LogP contribution in [-0.4, -0.2) is 48.4 Å². The molecule has 31 heavy (non-hydrogen) atoms. The van der Waals surface area contributed by atoms with Gasteiger partial charge in [-0.05, 0) is 38.1 Å². The molecular formula is C22H23F2N3O4. The molecule has 2 aromatic carbocycles. The molecule has 1 unspecified atom stereocenters. The molecule has 0 bridgehead atoms. The Bertz CT molecular complexity index is 978. The van der Waals surface area contributed by atoms with Crippen molar-refractivity contribution in [3.05, 3.63) is 54.1 Å². The Hall–Kier alpha value is -3.49. The molecule has 0 saturated carbocycles. The Morgan fingerprint density at radius 1 is 1.13 bits per heavy atom. The van der Waals surface area contributed by atoms with Crippen LogP contribution < -0.4 is 15.0 Å². The molecule has 1 N–H and O–H groups in total. The third-order valence-electron chi connectivity index (χ3n) is 4.92. The number of nitrogens with one attached hydrogen (secondary N) is 1. The molecule has 3 amide bonds. The van der Waals surface area contributed by atoms with Gasteiger partial charge in [-0.1, -0.05) is 18.2 Å². The number of anilines is 2. The Kier molecular flexibility index (Phi) is 6.84. The first-order valence-corrected chi connectivity index (χ1v) is 9.90. The fraction of sp³-hybridized carbons (Fsp3) is 0.318. The molecule has 9 heteroatoms. The Balaban J connectivity index is 1.62. The molecule has 3 rings (SSSR count). The number of benzene rings is 2. The number of fused-ring (bicyclic) bond motifs is 1. The van der Waals surface area contributed by atoms with Crippen molar-refractivity contribution >= 4 is 29.1 Å². The zero-order valence-electron chi connectivity index (χ0n) is 17.2. The molecule has 0 aliphatic carbocycles. The van der Waals surface area contributed by atoms with E-state index in [0.717, 1.165) is 12.1 Å². The number of amides is 3. The summed E-state index contributed by atoms with van der Waals surface area (Å²) in [7, 11) is 0. The van der Waals surface area contributed by atoms with E-state index in [1.165, 1.54) is 15.9 Å². The van der Waals surface area contributed by atoms with Gasteiger partial charge in [0, 0.05) is 19.5 Å². The summed E-state index contributed by atoms with van der Waals surface area (Å²) in [6.45, 7) is 3.29. The molecule has 0 aromatic heterocycles. The molecule has 2 aromatic rings. The van der Waals surface area contributed by atoms with Crippen molar-refractivity contribution in [3.8, 4) is 5.75 Å². The summed E-state index contributed by atoms with van der Waals surface area (Å²) < 4.78 is 33.0. The maximum Gasteiger partial charge on any atom is 0.267 e. The molecule has 1 heterocycles. The van der Waals surface area contributed by atoms with E-state index < -0.39 is 29.3 Å². The third kappa shape index (κ3) is 4.99. The van der Waals surface area contributed by atoms with Gasteiger partial charge in [-0.25, -0.2) is 8.78 Å². The summed E-state index contributed by atoms with van der Waals surface area (Å²) in [4.78, 5) is 40.2. The first kappa shape index (κ1) is 22.2. The fourth-order valence-electron chi connectivity index (χ4n) is 3.30. The van der Waals surface area contributed by atoms with E-state index >= 15 is 0 Å². The summed E-state index contributed by atoms with van der Waals surface area (Å²) >= 11 is 0. The zero-order chi connectivity index (χ0) is 22.5. The Morgan fingerprint density at radius 3 is 2.48 bits per heavy atom. The smallest absolute Gasteiger partial charge is 0.267 e. The van der Waals surface area contributed by atoms with Crippen LogP contribution in [0.5, 0.6) is 5.75 Å². The molecule has 7 nitrogen and oxygen atoms in total. The van der Waals surface area contributed by atoms with Crippen LogP contribution in [0.2, 0.25) is 0 Å². The van der Waals surface area contributed by atoms with Crippen molar-refractivity contribution in [1.82, 2.24) is 4.90 Å². The number of halogens is 2. The lowest BCUT2D eigenvalue weighted by Crippen LogP contribution is -2.46. The van der Waals surface area contributed by atoms with Crippen LogP contribution in [-0.2, 0) is 14.4 Å². The van der Waals surface area contributed by atoms with Gasteiger partial charge in [-0.3, -0.25) is 14.4 Å². The number of carbonyl (C=O) groups is 3. The normalized spacial score (nSPS) is 15.2. The molecular weight excluding hydrogens is 408 g/mol. The molecule has 1 aliphatic rings. The highest BCUT2D eigenvalue weighted by atomic mass is 19.1. The number of rotatable bonds is 7. The average molecular weight is 431 g/mol. The number of carbonyl (C=O) groups excluding carboxylic acids is 3. The highest BCUT2D eigenvalue weighted by molar-refractivity contribution is 6.00. The molecule has 0 radical (unpaired) electrons. The van der Waals surface area contributed by atoms with E-state index in [2.05, 4.69) is 5.32 Å². The average Bonchev–Trinajstić information content (AvgIpc) is 2.75. The SMILES string of the molecule is CCN(CC(=O)Nc1c(F)cccc1F)C(=O)CCN1C(=O)C(C)Oc2ccccc21. The first-order valence-electron chi connectivity index (χ1n) is 9.90. The van der Waals surface area contributed by atoms with Crippen LogP contribution in [0.4, 0.5) is 20.2 Å². The first-order chi connectivity index (χ1) is 14.8. The number of hydrogen-bond acceptors (Lipinski definition) is 4. The van der Waals surface area contributed by atoms with Crippen molar-refractivity contribution in [1.29, 1.82) is 0 Å². The minimum Gasteiger partial charge on any atom is -0.479 e. The predicted molar refractivity (Wildman–Crippen MR) is 111 cm³/mol. The molecule has 0 fully saturated rings. The largest absolute Gasteiger partial charge is 0.479 e. The van der Waals surface area contributed by atoms with Gasteiger partial charge in [0.2, 0.25) is 11.8 Å². The van der Waals surface area contributed by atoms with E-state index in [1.807, 2.05) is 0 Å². The van der Waals surface area contributed by atoms with E-state index in [0.29, 0.717) is 11.4 Å². The molecule has 1 atom stereocenters. The van der Waals surface area contributed by atoms with Gasteiger partial charge in [-0.2, -0.15) is 0 Å². The van der Waals surface area contributed by atoms with Crippen LogP contribution in [0.3, 0.4) is 0 Å². The van der Waals surface area contributed by atoms with E-state index in [1.54, 1.807) is 38.1 Å². The summed E-state index contributed by atoms with van der Waals surface area (Å²) in [6, 6.07) is 10.3. The molecule has 1 aliphatic heterocycles. The van der Waals surface area contributed by atoms with Crippen molar-refractivity contribution in [2.45, 2.75) is 26.4 Å². The van der Waals surface area contributed by atoms with Gasteiger partial charge in [0.25, 0.3) is 5.91 Å². The van der Waals surface area contributed by atoms with E-state index in [4.69, 9.17) is 4.74 Å². The topological polar surface area (TPSA) is 79.0 Å². The van der Waals surface area contributed by atoms with Crippen molar-refractivity contribution in [3.63, 3.8) is 0 Å². The second-order valence-corrected chi connectivity index (χ2v) is 7.02. The minimum absolute atomic E-state index is 0.0258. The van der Waals surface area contributed by atoms with Gasteiger partial charge < -0.3 is 19.9 Å². The van der Waals surface area contributed by atoms with Gasteiger partial charge in [0.05, 0.1) is 12.2 Å². The second-order valence-electron chi connectivity index (χ2n) is 7.02. The summed E-state index contributed by atoms with van der Waals surface area (Å²) in [5.74, 6) is -2.60. The molecule has 0 spiro atoms. The maximum atomic E-state index is 13.7. The lowest BCUT2D eigenvalue weighted by molar-refractivity contribution is -0.134. The third-order valence-corrected chi connectivity index (χ3v) is 4.92.